The Morgan fingerprint density at radius 2 is 1.92 bits per heavy atom. The normalized spacial score (nSPS) is 14.7. The van der Waals surface area contributed by atoms with Gasteiger partial charge in [-0.1, -0.05) is 43.7 Å². The van der Waals surface area contributed by atoms with Gasteiger partial charge in [0.05, 0.1) is 11.2 Å². The molecule has 1 heterocycles. The Morgan fingerprint density at radius 1 is 1.08 bits per heavy atom. The molecule has 1 saturated carbocycles. The maximum atomic E-state index is 3.77. The second-order valence-electron chi connectivity index (χ2n) is 7.03. The zero-order valence-corrected chi connectivity index (χ0v) is 14.4. The van der Waals surface area contributed by atoms with Crippen molar-refractivity contribution in [2.75, 3.05) is 5.32 Å². The quantitative estimate of drug-likeness (QED) is 0.561. The van der Waals surface area contributed by atoms with Crippen molar-refractivity contribution >= 4 is 16.6 Å². The number of H-pyrrole nitrogens is 1. The molecule has 0 spiro atoms. The average Bonchev–Trinajstić information content (AvgIpc) is 3.01. The van der Waals surface area contributed by atoms with Crippen molar-refractivity contribution in [2.24, 2.45) is 0 Å². The number of aromatic nitrogens is 1. The molecule has 4 rings (SSSR count). The van der Waals surface area contributed by atoms with E-state index in [9.17, 15) is 0 Å². The predicted octanol–water partition coefficient (Wildman–Crippen LogP) is 6.14. The van der Waals surface area contributed by atoms with E-state index in [0.717, 1.165) is 6.42 Å². The number of nitrogens with one attached hydrogen (secondary N) is 2. The number of fused-ring (bicyclic) bond motifs is 1. The molecule has 2 heteroatoms. The predicted molar refractivity (Wildman–Crippen MR) is 104 cm³/mol. The summed E-state index contributed by atoms with van der Waals surface area (Å²) < 4.78 is 0. The zero-order chi connectivity index (χ0) is 16.4. The van der Waals surface area contributed by atoms with Crippen LogP contribution in [0.5, 0.6) is 0 Å². The molecule has 2 N–H and O–H groups in total. The second-order valence-corrected chi connectivity index (χ2v) is 7.03. The molecule has 124 valence electrons. The van der Waals surface area contributed by atoms with Crippen molar-refractivity contribution in [3.05, 3.63) is 54.1 Å². The highest BCUT2D eigenvalue weighted by Gasteiger charge is 2.19. The van der Waals surface area contributed by atoms with Gasteiger partial charge in [-0.05, 0) is 61.4 Å². The monoisotopic (exact) mass is 318 g/mol. The van der Waals surface area contributed by atoms with E-state index in [2.05, 4.69) is 65.8 Å². The van der Waals surface area contributed by atoms with Crippen LogP contribution < -0.4 is 5.32 Å². The van der Waals surface area contributed by atoms with E-state index >= 15 is 0 Å². The highest BCUT2D eigenvalue weighted by Crippen LogP contribution is 2.33. The first kappa shape index (κ1) is 15.3. The lowest BCUT2D eigenvalue weighted by Gasteiger charge is -2.28. The van der Waals surface area contributed by atoms with Gasteiger partial charge in [-0.3, -0.25) is 0 Å². The largest absolute Gasteiger partial charge is 0.381 e. The maximum Gasteiger partial charge on any atom is 0.0694 e. The van der Waals surface area contributed by atoms with Crippen LogP contribution in [0.2, 0.25) is 0 Å². The second kappa shape index (κ2) is 6.72. The van der Waals surface area contributed by atoms with Gasteiger partial charge in [0.2, 0.25) is 0 Å². The van der Waals surface area contributed by atoms with Gasteiger partial charge in [-0.15, -0.1) is 0 Å². The van der Waals surface area contributed by atoms with Gasteiger partial charge >= 0.3 is 0 Å². The summed E-state index contributed by atoms with van der Waals surface area (Å²) in [5.74, 6) is 0. The summed E-state index contributed by atoms with van der Waals surface area (Å²) >= 11 is 0. The SMILES string of the molecule is CCCCc1cc(NC2CCC2)c2[nH]c(-c3ccccc3)cc2c1. The fraction of sp³-hybridized carbons (Fsp3) is 0.364. The first-order valence-corrected chi connectivity index (χ1v) is 9.31. The minimum absolute atomic E-state index is 0.651. The highest BCUT2D eigenvalue weighted by atomic mass is 14.9. The van der Waals surface area contributed by atoms with Crippen LogP contribution in [-0.4, -0.2) is 11.0 Å². The lowest BCUT2D eigenvalue weighted by atomic mass is 9.92. The van der Waals surface area contributed by atoms with E-state index in [1.807, 2.05) is 0 Å². The minimum atomic E-state index is 0.651. The summed E-state index contributed by atoms with van der Waals surface area (Å²) in [6.45, 7) is 2.26. The molecule has 0 bridgehead atoms. The molecule has 0 atom stereocenters. The molecule has 24 heavy (non-hydrogen) atoms. The summed E-state index contributed by atoms with van der Waals surface area (Å²) in [6, 6.07) is 18.3. The molecule has 0 amide bonds. The lowest BCUT2D eigenvalue weighted by molar-refractivity contribution is 0.446. The van der Waals surface area contributed by atoms with Crippen LogP contribution in [0.1, 0.15) is 44.6 Å². The standard InChI is InChI=1S/C22H26N2/c1-2-3-8-16-13-18-15-20(17-9-5-4-6-10-17)24-22(18)21(14-16)23-19-11-7-12-19/h4-6,9-10,13-15,19,23-24H,2-3,7-8,11-12H2,1H3. The van der Waals surface area contributed by atoms with Crippen molar-refractivity contribution in [1.29, 1.82) is 0 Å². The van der Waals surface area contributed by atoms with Crippen LogP contribution in [0.25, 0.3) is 22.2 Å². The molecular formula is C22H26N2. The van der Waals surface area contributed by atoms with Gasteiger partial charge in [0.15, 0.2) is 0 Å². The van der Waals surface area contributed by atoms with E-state index in [1.54, 1.807) is 0 Å². The van der Waals surface area contributed by atoms with Crippen LogP contribution in [0.4, 0.5) is 5.69 Å². The molecule has 1 aromatic heterocycles. The number of aromatic amines is 1. The van der Waals surface area contributed by atoms with Crippen LogP contribution in [-0.2, 0) is 6.42 Å². The Morgan fingerprint density at radius 3 is 2.62 bits per heavy atom. The van der Waals surface area contributed by atoms with E-state index in [0.29, 0.717) is 6.04 Å². The first-order valence-electron chi connectivity index (χ1n) is 9.31. The van der Waals surface area contributed by atoms with Crippen molar-refractivity contribution in [3.63, 3.8) is 0 Å². The molecule has 0 aliphatic heterocycles. The van der Waals surface area contributed by atoms with Gasteiger partial charge in [-0.25, -0.2) is 0 Å². The van der Waals surface area contributed by atoms with Gasteiger partial charge in [0.1, 0.15) is 0 Å². The molecule has 0 unspecified atom stereocenters. The summed E-state index contributed by atoms with van der Waals surface area (Å²) in [7, 11) is 0. The van der Waals surface area contributed by atoms with E-state index < -0.39 is 0 Å². The first-order chi connectivity index (χ1) is 11.8. The molecule has 0 saturated heterocycles. The fourth-order valence-corrected chi connectivity index (χ4v) is 3.49. The third-order valence-corrected chi connectivity index (χ3v) is 5.16. The van der Waals surface area contributed by atoms with Crippen LogP contribution in [0.3, 0.4) is 0 Å². The Balaban J connectivity index is 1.75. The number of unbranched alkanes of at least 4 members (excludes halogenated alkanes) is 1. The molecule has 1 aliphatic carbocycles. The van der Waals surface area contributed by atoms with Gasteiger partial charge < -0.3 is 10.3 Å². The average molecular weight is 318 g/mol. The summed E-state index contributed by atoms with van der Waals surface area (Å²) in [5.41, 5.74) is 6.43. The summed E-state index contributed by atoms with van der Waals surface area (Å²) in [6.07, 6.45) is 7.62. The lowest BCUT2D eigenvalue weighted by Crippen LogP contribution is -2.27. The van der Waals surface area contributed by atoms with Gasteiger partial charge in [-0.2, -0.15) is 0 Å². The number of anilines is 1. The van der Waals surface area contributed by atoms with Crippen LogP contribution in [0.15, 0.2) is 48.5 Å². The zero-order valence-electron chi connectivity index (χ0n) is 14.4. The van der Waals surface area contributed by atoms with Gasteiger partial charge in [0, 0.05) is 17.1 Å². The molecule has 3 aromatic rings. The van der Waals surface area contributed by atoms with Crippen molar-refractivity contribution in [3.8, 4) is 11.3 Å². The number of aryl methyl sites for hydroxylation is 1. The number of hydrogen-bond donors (Lipinski definition) is 2. The number of benzene rings is 2. The van der Waals surface area contributed by atoms with Crippen LogP contribution in [0, 0.1) is 0 Å². The summed E-state index contributed by atoms with van der Waals surface area (Å²) in [5, 5.41) is 5.10. The van der Waals surface area contributed by atoms with Crippen LogP contribution >= 0.6 is 0 Å². The molecule has 1 fully saturated rings. The smallest absolute Gasteiger partial charge is 0.0694 e. The number of rotatable bonds is 6. The van der Waals surface area contributed by atoms with E-state index in [1.165, 1.54) is 65.5 Å². The van der Waals surface area contributed by atoms with Gasteiger partial charge in [0.25, 0.3) is 0 Å². The van der Waals surface area contributed by atoms with Crippen molar-refractivity contribution < 1.29 is 0 Å². The minimum Gasteiger partial charge on any atom is -0.381 e. The molecule has 0 radical (unpaired) electrons. The fourth-order valence-electron chi connectivity index (χ4n) is 3.49. The summed E-state index contributed by atoms with van der Waals surface area (Å²) in [4.78, 5) is 3.65. The molecule has 2 aromatic carbocycles. The van der Waals surface area contributed by atoms with Crippen molar-refractivity contribution in [2.45, 2.75) is 51.5 Å². The topological polar surface area (TPSA) is 27.8 Å². The maximum absolute atomic E-state index is 3.77. The highest BCUT2D eigenvalue weighted by molar-refractivity contribution is 5.95. The third-order valence-electron chi connectivity index (χ3n) is 5.16. The Bertz CT molecular complexity index is 813. The third kappa shape index (κ3) is 3.06. The Labute approximate surface area is 144 Å². The van der Waals surface area contributed by atoms with E-state index in [4.69, 9.17) is 0 Å². The Hall–Kier alpha value is -2.22. The molecule has 1 aliphatic rings. The molecule has 2 nitrogen and oxygen atoms in total. The Kier molecular flexibility index (Phi) is 4.29. The number of hydrogen-bond acceptors (Lipinski definition) is 1. The van der Waals surface area contributed by atoms with E-state index in [-0.39, 0.29) is 0 Å². The van der Waals surface area contributed by atoms with Crippen molar-refractivity contribution in [1.82, 2.24) is 4.98 Å². The molecular weight excluding hydrogens is 292 g/mol.